The Labute approximate surface area is 244 Å². The summed E-state index contributed by atoms with van der Waals surface area (Å²) in [4.78, 5) is 14.2. The fourth-order valence-corrected chi connectivity index (χ4v) is 7.01. The Morgan fingerprint density at radius 2 is 2.08 bits per heavy atom. The van der Waals surface area contributed by atoms with E-state index in [1.807, 2.05) is 35.8 Å². The summed E-state index contributed by atoms with van der Waals surface area (Å²) in [6.45, 7) is 13.1. The maximum Gasteiger partial charge on any atom is 0.235 e. The molecule has 0 fully saturated rings. The van der Waals surface area contributed by atoms with Crippen molar-refractivity contribution < 1.29 is 14.3 Å². The standard InChI is InChI=1S/C30H37N5O3S2/c1-7-15-35-27(19(3)38-22-12-10-21(37-6)11-13-22)33-34-29(35)39-18-26(36)32-28-24(17-31)23-14-9-20(16-25(23)40-28)30(4,5)8-2/h7,10-13,19-20H,1,8-9,14-16,18H2,2-6H3,(H,32,36). The van der Waals surface area contributed by atoms with E-state index in [4.69, 9.17) is 9.47 Å². The minimum absolute atomic E-state index is 0.141. The number of rotatable bonds is 12. The molecule has 8 nitrogen and oxygen atoms in total. The highest BCUT2D eigenvalue weighted by Crippen LogP contribution is 2.45. The maximum absolute atomic E-state index is 13.0. The van der Waals surface area contributed by atoms with Gasteiger partial charge < -0.3 is 14.8 Å². The number of carbonyl (C=O) groups is 1. The second-order valence-electron chi connectivity index (χ2n) is 10.6. The quantitative estimate of drug-likeness (QED) is 0.186. The predicted octanol–water partition coefficient (Wildman–Crippen LogP) is 6.82. The van der Waals surface area contributed by atoms with Crippen molar-refractivity contribution in [2.24, 2.45) is 11.3 Å². The molecule has 0 saturated heterocycles. The zero-order valence-corrected chi connectivity index (χ0v) is 25.5. The molecule has 0 aliphatic heterocycles. The van der Waals surface area contributed by atoms with Gasteiger partial charge in [-0.15, -0.1) is 28.1 Å². The summed E-state index contributed by atoms with van der Waals surface area (Å²) in [5, 5.41) is 22.8. The molecule has 1 amide bonds. The zero-order valence-electron chi connectivity index (χ0n) is 23.8. The van der Waals surface area contributed by atoms with E-state index in [1.165, 1.54) is 16.6 Å². The van der Waals surface area contributed by atoms with E-state index in [2.05, 4.69) is 48.9 Å². The van der Waals surface area contributed by atoms with Crippen molar-refractivity contribution in [3.8, 4) is 17.6 Å². The molecule has 1 aromatic carbocycles. The van der Waals surface area contributed by atoms with E-state index in [-0.39, 0.29) is 23.2 Å². The molecule has 212 valence electrons. The molecule has 4 rings (SSSR count). The van der Waals surface area contributed by atoms with E-state index < -0.39 is 0 Å². The SMILES string of the molecule is C=CCn1c(SCC(=O)Nc2sc3c(c2C#N)CCC(C(C)(C)CC)C3)nnc1C(C)Oc1ccc(OC)cc1. The highest BCUT2D eigenvalue weighted by atomic mass is 32.2. The van der Waals surface area contributed by atoms with Gasteiger partial charge in [0, 0.05) is 11.4 Å². The predicted molar refractivity (Wildman–Crippen MR) is 160 cm³/mol. The van der Waals surface area contributed by atoms with Crippen LogP contribution in [0, 0.1) is 22.7 Å². The third-order valence-corrected chi connectivity index (χ3v) is 9.91. The number of hydrogen-bond acceptors (Lipinski definition) is 8. The second-order valence-corrected chi connectivity index (χ2v) is 12.7. The number of thiophene rings is 1. The van der Waals surface area contributed by atoms with Gasteiger partial charge in [-0.05, 0) is 67.3 Å². The molecule has 10 heteroatoms. The average Bonchev–Trinajstić information content (AvgIpc) is 3.52. The van der Waals surface area contributed by atoms with Crippen LogP contribution in [0.15, 0.2) is 42.1 Å². The Kier molecular flexibility index (Phi) is 9.59. The lowest BCUT2D eigenvalue weighted by molar-refractivity contribution is -0.113. The van der Waals surface area contributed by atoms with Crippen LogP contribution in [0.3, 0.4) is 0 Å². The topological polar surface area (TPSA) is 102 Å². The van der Waals surface area contributed by atoms with Gasteiger partial charge in [0.05, 0.1) is 18.4 Å². The molecular weight excluding hydrogens is 542 g/mol. The summed E-state index contributed by atoms with van der Waals surface area (Å²) in [5.41, 5.74) is 1.99. The molecule has 2 unspecified atom stereocenters. The highest BCUT2D eigenvalue weighted by molar-refractivity contribution is 7.99. The van der Waals surface area contributed by atoms with E-state index in [1.54, 1.807) is 24.5 Å². The highest BCUT2D eigenvalue weighted by Gasteiger charge is 2.34. The number of allylic oxidation sites excluding steroid dienone is 1. The van der Waals surface area contributed by atoms with Gasteiger partial charge in [-0.1, -0.05) is 45.0 Å². The van der Waals surface area contributed by atoms with E-state index in [0.717, 1.165) is 37.0 Å². The monoisotopic (exact) mass is 579 g/mol. The largest absolute Gasteiger partial charge is 0.497 e. The minimum Gasteiger partial charge on any atom is -0.497 e. The van der Waals surface area contributed by atoms with Gasteiger partial charge in [-0.2, -0.15) is 5.26 Å². The van der Waals surface area contributed by atoms with Crippen molar-refractivity contribution in [1.29, 1.82) is 5.26 Å². The molecule has 1 aliphatic rings. The first-order chi connectivity index (χ1) is 19.2. The lowest BCUT2D eigenvalue weighted by atomic mass is 9.69. The number of anilines is 1. The average molecular weight is 580 g/mol. The van der Waals surface area contributed by atoms with E-state index >= 15 is 0 Å². The Balaban J connectivity index is 1.42. The van der Waals surface area contributed by atoms with Gasteiger partial charge in [-0.3, -0.25) is 9.36 Å². The summed E-state index contributed by atoms with van der Waals surface area (Å²) in [5.74, 6) is 2.62. The van der Waals surface area contributed by atoms with Gasteiger partial charge in [-0.25, -0.2) is 0 Å². The number of hydrogen-bond donors (Lipinski definition) is 1. The van der Waals surface area contributed by atoms with Gasteiger partial charge in [0.25, 0.3) is 0 Å². The smallest absolute Gasteiger partial charge is 0.235 e. The fourth-order valence-electron chi connectivity index (χ4n) is 4.96. The lowest BCUT2D eigenvalue weighted by Gasteiger charge is -2.36. The number of carbonyl (C=O) groups excluding carboxylic acids is 1. The van der Waals surface area contributed by atoms with Crippen molar-refractivity contribution in [1.82, 2.24) is 14.8 Å². The van der Waals surface area contributed by atoms with Crippen LogP contribution >= 0.6 is 23.1 Å². The summed E-state index contributed by atoms with van der Waals surface area (Å²) < 4.78 is 13.2. The molecule has 0 radical (unpaired) electrons. The number of thioether (sulfide) groups is 1. The van der Waals surface area contributed by atoms with Gasteiger partial charge in [0.2, 0.25) is 5.91 Å². The summed E-state index contributed by atoms with van der Waals surface area (Å²) >= 11 is 2.85. The third-order valence-electron chi connectivity index (χ3n) is 7.77. The van der Waals surface area contributed by atoms with Crippen molar-refractivity contribution in [2.75, 3.05) is 18.2 Å². The molecule has 0 spiro atoms. The molecule has 40 heavy (non-hydrogen) atoms. The van der Waals surface area contributed by atoms with E-state index in [9.17, 15) is 10.1 Å². The van der Waals surface area contributed by atoms with Crippen LogP contribution in [0.2, 0.25) is 0 Å². The van der Waals surface area contributed by atoms with Crippen LogP contribution in [-0.2, 0) is 24.2 Å². The Bertz CT molecular complexity index is 1390. The normalized spacial score (nSPS) is 15.6. The first-order valence-electron chi connectivity index (χ1n) is 13.5. The molecule has 2 atom stereocenters. The first-order valence-corrected chi connectivity index (χ1v) is 15.3. The maximum atomic E-state index is 13.0. The fraction of sp³-hybridized carbons (Fsp3) is 0.467. The number of fused-ring (bicyclic) bond motifs is 1. The molecule has 2 aromatic heterocycles. The third kappa shape index (κ3) is 6.53. The number of aromatic nitrogens is 3. The molecule has 2 heterocycles. The number of amides is 1. The first kappa shape index (κ1) is 29.7. The van der Waals surface area contributed by atoms with Crippen LogP contribution in [0.1, 0.15) is 68.5 Å². The zero-order chi connectivity index (χ0) is 28.9. The molecular formula is C30H37N5O3S2. The second kappa shape index (κ2) is 12.9. The molecule has 0 bridgehead atoms. The van der Waals surface area contributed by atoms with E-state index in [0.29, 0.717) is 39.8 Å². The minimum atomic E-state index is -0.374. The molecule has 1 N–H and O–H groups in total. The number of ether oxygens (including phenoxy) is 2. The van der Waals surface area contributed by atoms with Crippen molar-refractivity contribution in [2.45, 2.75) is 71.2 Å². The lowest BCUT2D eigenvalue weighted by Crippen LogP contribution is -2.28. The Morgan fingerprint density at radius 1 is 1.35 bits per heavy atom. The van der Waals surface area contributed by atoms with Gasteiger partial charge in [0.1, 0.15) is 22.6 Å². The molecule has 1 aliphatic carbocycles. The van der Waals surface area contributed by atoms with Crippen LogP contribution in [0.25, 0.3) is 0 Å². The number of benzene rings is 1. The van der Waals surface area contributed by atoms with Crippen LogP contribution in [-0.4, -0.2) is 33.5 Å². The Morgan fingerprint density at radius 3 is 2.73 bits per heavy atom. The van der Waals surface area contributed by atoms with Crippen molar-refractivity contribution >= 4 is 34.0 Å². The van der Waals surface area contributed by atoms with Crippen molar-refractivity contribution in [3.05, 3.63) is 58.7 Å². The summed E-state index contributed by atoms with van der Waals surface area (Å²) in [6, 6.07) is 9.70. The van der Waals surface area contributed by atoms with Gasteiger partial charge in [0.15, 0.2) is 17.1 Å². The number of methoxy groups -OCH3 is 1. The number of nitriles is 1. The van der Waals surface area contributed by atoms with Crippen LogP contribution in [0.5, 0.6) is 11.5 Å². The van der Waals surface area contributed by atoms with Crippen LogP contribution < -0.4 is 14.8 Å². The van der Waals surface area contributed by atoms with Crippen LogP contribution in [0.4, 0.5) is 5.00 Å². The number of nitrogens with one attached hydrogen (secondary N) is 1. The van der Waals surface area contributed by atoms with Gasteiger partial charge >= 0.3 is 0 Å². The summed E-state index contributed by atoms with van der Waals surface area (Å²) in [7, 11) is 1.62. The number of nitrogens with zero attached hydrogens (tertiary/aromatic N) is 4. The molecule has 3 aromatic rings. The Hall–Kier alpha value is -3.29. The van der Waals surface area contributed by atoms with Crippen molar-refractivity contribution in [3.63, 3.8) is 0 Å². The summed E-state index contributed by atoms with van der Waals surface area (Å²) in [6.07, 6.45) is 5.43. The molecule has 0 saturated carbocycles.